The van der Waals surface area contributed by atoms with Crippen LogP contribution in [0, 0.1) is 17.8 Å². The molecule has 2 atom stereocenters. The van der Waals surface area contributed by atoms with Gasteiger partial charge in [-0.2, -0.15) is 0 Å². The number of benzene rings is 1. The fourth-order valence-electron chi connectivity index (χ4n) is 4.16. The van der Waals surface area contributed by atoms with Crippen LogP contribution in [0.2, 0.25) is 0 Å². The Balaban J connectivity index is 1.61. The summed E-state index contributed by atoms with van der Waals surface area (Å²) in [5.41, 5.74) is 7.56. The van der Waals surface area contributed by atoms with E-state index in [0.29, 0.717) is 23.1 Å². The van der Waals surface area contributed by atoms with Crippen molar-refractivity contribution in [2.45, 2.75) is 43.9 Å². The number of carbonyl (C=O) groups excluding carboxylic acids is 1. The molecule has 0 heterocycles. The highest BCUT2D eigenvalue weighted by molar-refractivity contribution is 7.88. The molecule has 132 valence electrons. The van der Waals surface area contributed by atoms with Gasteiger partial charge in [-0.15, -0.1) is 0 Å². The van der Waals surface area contributed by atoms with E-state index in [1.54, 1.807) is 24.3 Å². The van der Waals surface area contributed by atoms with Gasteiger partial charge in [0.2, 0.25) is 15.9 Å². The fourth-order valence-corrected chi connectivity index (χ4v) is 4.82. The number of anilines is 1. The first-order valence-corrected chi connectivity index (χ1v) is 10.2. The number of primary sulfonamides is 1. The minimum Gasteiger partial charge on any atom is -0.327 e. The Morgan fingerprint density at radius 1 is 1.12 bits per heavy atom. The molecule has 2 aliphatic carbocycles. The molecule has 7 heteroatoms. The van der Waals surface area contributed by atoms with Crippen LogP contribution in [-0.2, 0) is 20.6 Å². The van der Waals surface area contributed by atoms with Crippen LogP contribution in [0.4, 0.5) is 5.69 Å². The molecule has 1 aromatic rings. The van der Waals surface area contributed by atoms with Gasteiger partial charge in [-0.3, -0.25) is 4.79 Å². The highest BCUT2D eigenvalue weighted by Crippen LogP contribution is 2.42. The van der Waals surface area contributed by atoms with Crippen LogP contribution in [0.1, 0.15) is 37.7 Å². The van der Waals surface area contributed by atoms with Crippen molar-refractivity contribution < 1.29 is 13.2 Å². The van der Waals surface area contributed by atoms with E-state index in [4.69, 9.17) is 10.9 Å². The smallest absolute Gasteiger partial charge is 0.227 e. The van der Waals surface area contributed by atoms with Gasteiger partial charge in [0.05, 0.1) is 5.75 Å². The molecule has 2 bridgehead atoms. The van der Waals surface area contributed by atoms with E-state index in [-0.39, 0.29) is 23.6 Å². The second-order valence-electron chi connectivity index (χ2n) is 7.19. The number of rotatable bonds is 4. The third-order valence-corrected chi connectivity index (χ3v) is 6.11. The van der Waals surface area contributed by atoms with E-state index in [1.165, 1.54) is 6.42 Å². The summed E-state index contributed by atoms with van der Waals surface area (Å²) in [4.78, 5) is 12.6. The van der Waals surface area contributed by atoms with Crippen molar-refractivity contribution in [3.8, 4) is 0 Å². The molecule has 6 nitrogen and oxygen atoms in total. The van der Waals surface area contributed by atoms with E-state index in [2.05, 4.69) is 5.32 Å². The van der Waals surface area contributed by atoms with Crippen LogP contribution in [0.5, 0.6) is 0 Å². The number of amides is 1. The first kappa shape index (κ1) is 17.4. The quantitative estimate of drug-likeness (QED) is 0.763. The normalized spacial score (nSPS) is 29.9. The van der Waals surface area contributed by atoms with Crippen molar-refractivity contribution in [2.75, 3.05) is 5.32 Å². The number of nitrogens with one attached hydrogen (secondary N) is 1. The Morgan fingerprint density at radius 3 is 2.25 bits per heavy atom. The predicted molar refractivity (Wildman–Crippen MR) is 93.4 cm³/mol. The molecule has 24 heavy (non-hydrogen) atoms. The largest absolute Gasteiger partial charge is 0.327 e. The third-order valence-electron chi connectivity index (χ3n) is 5.37. The van der Waals surface area contributed by atoms with Gasteiger partial charge in [0.1, 0.15) is 0 Å². The number of nitrogens with two attached hydrogens (primary N) is 2. The molecule has 0 radical (unpaired) electrons. The van der Waals surface area contributed by atoms with Gasteiger partial charge in [0.25, 0.3) is 0 Å². The topological polar surface area (TPSA) is 115 Å². The fraction of sp³-hybridized carbons (Fsp3) is 0.588. The van der Waals surface area contributed by atoms with Crippen LogP contribution < -0.4 is 16.2 Å². The van der Waals surface area contributed by atoms with Gasteiger partial charge < -0.3 is 11.1 Å². The summed E-state index contributed by atoms with van der Waals surface area (Å²) in [6.45, 7) is 0. The number of sulfonamides is 1. The minimum atomic E-state index is -3.54. The maximum atomic E-state index is 12.6. The maximum absolute atomic E-state index is 12.6. The number of fused-ring (bicyclic) bond motifs is 2. The zero-order valence-corrected chi connectivity index (χ0v) is 14.5. The lowest BCUT2D eigenvalue weighted by Gasteiger charge is -2.43. The highest BCUT2D eigenvalue weighted by Gasteiger charge is 2.40. The van der Waals surface area contributed by atoms with Gasteiger partial charge in [-0.1, -0.05) is 18.6 Å². The summed E-state index contributed by atoms with van der Waals surface area (Å²) >= 11 is 0. The molecule has 1 amide bonds. The van der Waals surface area contributed by atoms with Crippen molar-refractivity contribution in [3.05, 3.63) is 29.8 Å². The Morgan fingerprint density at radius 2 is 1.71 bits per heavy atom. The molecule has 0 aliphatic heterocycles. The lowest BCUT2D eigenvalue weighted by molar-refractivity contribution is -0.122. The molecule has 5 N–H and O–H groups in total. The van der Waals surface area contributed by atoms with Crippen molar-refractivity contribution in [3.63, 3.8) is 0 Å². The maximum Gasteiger partial charge on any atom is 0.227 e. The van der Waals surface area contributed by atoms with Crippen LogP contribution in [0.25, 0.3) is 0 Å². The van der Waals surface area contributed by atoms with E-state index in [0.717, 1.165) is 25.7 Å². The number of carbonyl (C=O) groups is 1. The second-order valence-corrected chi connectivity index (χ2v) is 8.80. The van der Waals surface area contributed by atoms with Crippen molar-refractivity contribution in [2.24, 2.45) is 28.6 Å². The summed E-state index contributed by atoms with van der Waals surface area (Å²) in [5, 5.41) is 7.98. The summed E-state index contributed by atoms with van der Waals surface area (Å²) in [7, 11) is -3.54. The van der Waals surface area contributed by atoms with Crippen molar-refractivity contribution >= 4 is 21.6 Å². The number of hydrogen-bond acceptors (Lipinski definition) is 4. The van der Waals surface area contributed by atoms with Crippen molar-refractivity contribution in [1.82, 2.24) is 0 Å². The van der Waals surface area contributed by atoms with Crippen molar-refractivity contribution in [1.29, 1.82) is 0 Å². The zero-order valence-electron chi connectivity index (χ0n) is 13.6. The lowest BCUT2D eigenvalue weighted by atomic mass is 9.65. The molecule has 0 aromatic heterocycles. The summed E-state index contributed by atoms with van der Waals surface area (Å²) < 4.78 is 22.2. The molecule has 2 aliphatic rings. The average molecular weight is 351 g/mol. The second kappa shape index (κ2) is 6.82. The number of hydrogen-bond donors (Lipinski definition) is 3. The molecular weight excluding hydrogens is 326 g/mol. The lowest BCUT2D eigenvalue weighted by Crippen LogP contribution is -2.48. The molecule has 0 saturated heterocycles. The summed E-state index contributed by atoms with van der Waals surface area (Å²) in [6, 6.07) is 7.03. The molecule has 2 unspecified atom stereocenters. The Hall–Kier alpha value is -1.44. The van der Waals surface area contributed by atoms with Gasteiger partial charge in [0.15, 0.2) is 0 Å². The first-order valence-electron chi connectivity index (χ1n) is 8.47. The van der Waals surface area contributed by atoms with E-state index < -0.39 is 10.0 Å². The van der Waals surface area contributed by atoms with Crippen LogP contribution in [0.15, 0.2) is 24.3 Å². The van der Waals surface area contributed by atoms with E-state index >= 15 is 0 Å². The molecule has 3 rings (SSSR count). The minimum absolute atomic E-state index is 0.0178. The van der Waals surface area contributed by atoms with Gasteiger partial charge in [-0.05, 0) is 55.2 Å². The van der Waals surface area contributed by atoms with Gasteiger partial charge >= 0.3 is 0 Å². The SMILES string of the molecule is NC1C2CCCC1CC(C(=O)Nc1ccc(CS(N)(=O)=O)cc1)C2. The highest BCUT2D eigenvalue weighted by atomic mass is 32.2. The Labute approximate surface area is 143 Å². The predicted octanol–water partition coefficient (Wildman–Crippen LogP) is 1.57. The molecule has 0 spiro atoms. The van der Waals surface area contributed by atoms with Gasteiger partial charge in [-0.25, -0.2) is 13.6 Å². The Bertz CT molecular complexity index is 688. The Kier molecular flexibility index (Phi) is 4.94. The average Bonchev–Trinajstić information content (AvgIpc) is 2.47. The zero-order chi connectivity index (χ0) is 17.3. The monoisotopic (exact) mass is 351 g/mol. The molecule has 2 saturated carbocycles. The standard InChI is InChI=1S/C17H25N3O3S/c18-16-12-2-1-3-13(16)9-14(8-12)17(21)20-15-6-4-11(5-7-15)10-24(19,22)23/h4-7,12-14,16H,1-3,8-10,18H2,(H,20,21)(H2,19,22,23). The molecule has 1 aromatic carbocycles. The summed E-state index contributed by atoms with van der Waals surface area (Å²) in [6.07, 6.45) is 5.22. The van der Waals surface area contributed by atoms with E-state index in [9.17, 15) is 13.2 Å². The van der Waals surface area contributed by atoms with Crippen LogP contribution >= 0.6 is 0 Å². The summed E-state index contributed by atoms with van der Waals surface area (Å²) in [5.74, 6) is 0.781. The molecule has 2 fully saturated rings. The molecular formula is C17H25N3O3S. The van der Waals surface area contributed by atoms with Gasteiger partial charge in [0, 0.05) is 17.6 Å². The van der Waals surface area contributed by atoms with E-state index in [1.807, 2.05) is 0 Å². The third kappa shape index (κ3) is 4.15. The van der Waals surface area contributed by atoms with Crippen LogP contribution in [-0.4, -0.2) is 20.4 Å². The first-order chi connectivity index (χ1) is 11.3. The van der Waals surface area contributed by atoms with Crippen LogP contribution in [0.3, 0.4) is 0 Å².